The molecule has 1 aromatic carbocycles. The number of rotatable bonds is 5. The van der Waals surface area contributed by atoms with Crippen LogP contribution in [0.1, 0.15) is 16.7 Å². The average Bonchev–Trinajstić information content (AvgIpc) is 2.57. The molecule has 0 bridgehead atoms. The highest BCUT2D eigenvalue weighted by molar-refractivity contribution is 5.79. The number of aryl methyl sites for hydroxylation is 1. The molecule has 0 saturated carbocycles. The van der Waals surface area contributed by atoms with Crippen molar-refractivity contribution >= 4 is 5.96 Å². The summed E-state index contributed by atoms with van der Waals surface area (Å²) in [5.41, 5.74) is 3.62. The molecule has 2 aromatic rings. The summed E-state index contributed by atoms with van der Waals surface area (Å²) in [7, 11) is 5.44. The maximum atomic E-state index is 5.14. The van der Waals surface area contributed by atoms with Crippen LogP contribution in [0.25, 0.3) is 0 Å². The smallest absolute Gasteiger partial charge is 0.213 e. The molecule has 0 atom stereocenters. The molecule has 0 unspecified atom stereocenters. The van der Waals surface area contributed by atoms with Crippen LogP contribution >= 0.6 is 0 Å². The molecule has 1 aromatic heterocycles. The second-order valence-electron chi connectivity index (χ2n) is 5.45. The minimum Gasteiger partial charge on any atom is -0.481 e. The van der Waals surface area contributed by atoms with E-state index in [9.17, 15) is 0 Å². The van der Waals surface area contributed by atoms with Crippen LogP contribution in [0.3, 0.4) is 0 Å². The van der Waals surface area contributed by atoms with Crippen LogP contribution in [-0.2, 0) is 13.1 Å². The van der Waals surface area contributed by atoms with Gasteiger partial charge in [0.1, 0.15) is 0 Å². The number of aliphatic imine (C=N–C) groups is 1. The summed E-state index contributed by atoms with van der Waals surface area (Å²) >= 11 is 0. The Labute approximate surface area is 138 Å². The SMILES string of the molecule is CN=C(NCc1ccnc(OC)c1)N(C)Cc1ccc(C)cc1. The van der Waals surface area contributed by atoms with Gasteiger partial charge in [0.05, 0.1) is 7.11 Å². The Morgan fingerprint density at radius 1 is 1.22 bits per heavy atom. The lowest BCUT2D eigenvalue weighted by atomic mass is 10.1. The van der Waals surface area contributed by atoms with Gasteiger partial charge in [-0.3, -0.25) is 4.99 Å². The molecular formula is C18H24N4O. The third-order valence-electron chi connectivity index (χ3n) is 3.57. The zero-order valence-corrected chi connectivity index (χ0v) is 14.2. The summed E-state index contributed by atoms with van der Waals surface area (Å²) < 4.78 is 5.14. The van der Waals surface area contributed by atoms with Gasteiger partial charge in [-0.2, -0.15) is 0 Å². The van der Waals surface area contributed by atoms with Crippen molar-refractivity contribution in [2.24, 2.45) is 4.99 Å². The van der Waals surface area contributed by atoms with Gasteiger partial charge in [0, 0.05) is 39.4 Å². The van der Waals surface area contributed by atoms with Gasteiger partial charge < -0.3 is 15.0 Å². The molecule has 1 N–H and O–H groups in total. The standard InChI is InChI=1S/C18H24N4O/c1-14-5-7-15(8-6-14)13-22(3)18(19-2)21-12-16-9-10-20-17(11-16)23-4/h5-11H,12-13H2,1-4H3,(H,19,21). The fraction of sp³-hybridized carbons (Fsp3) is 0.333. The molecule has 0 spiro atoms. The summed E-state index contributed by atoms with van der Waals surface area (Å²) in [6.45, 7) is 3.57. The predicted octanol–water partition coefficient (Wildman–Crippen LogP) is 2.61. The van der Waals surface area contributed by atoms with Crippen LogP contribution in [0.15, 0.2) is 47.6 Å². The van der Waals surface area contributed by atoms with E-state index >= 15 is 0 Å². The third-order valence-corrected chi connectivity index (χ3v) is 3.57. The first-order valence-electron chi connectivity index (χ1n) is 7.58. The number of nitrogens with zero attached hydrogens (tertiary/aromatic N) is 3. The number of aromatic nitrogens is 1. The zero-order chi connectivity index (χ0) is 16.7. The zero-order valence-electron chi connectivity index (χ0n) is 14.2. The molecule has 5 nitrogen and oxygen atoms in total. The van der Waals surface area contributed by atoms with Crippen LogP contribution in [0.2, 0.25) is 0 Å². The molecule has 1 heterocycles. The number of hydrogen-bond donors (Lipinski definition) is 1. The number of benzene rings is 1. The highest BCUT2D eigenvalue weighted by Gasteiger charge is 2.07. The number of guanidine groups is 1. The molecule has 0 radical (unpaired) electrons. The first-order chi connectivity index (χ1) is 11.1. The Hall–Kier alpha value is -2.56. The minimum absolute atomic E-state index is 0.618. The van der Waals surface area contributed by atoms with Crippen molar-refractivity contribution in [2.75, 3.05) is 21.2 Å². The molecule has 23 heavy (non-hydrogen) atoms. The van der Waals surface area contributed by atoms with E-state index in [0.29, 0.717) is 12.4 Å². The van der Waals surface area contributed by atoms with Gasteiger partial charge in [-0.15, -0.1) is 0 Å². The van der Waals surface area contributed by atoms with Gasteiger partial charge >= 0.3 is 0 Å². The summed E-state index contributed by atoms with van der Waals surface area (Å²) in [4.78, 5) is 10.6. The van der Waals surface area contributed by atoms with Crippen molar-refractivity contribution in [3.8, 4) is 5.88 Å². The maximum Gasteiger partial charge on any atom is 0.213 e. The van der Waals surface area contributed by atoms with Gasteiger partial charge in [0.15, 0.2) is 5.96 Å². The Morgan fingerprint density at radius 3 is 2.61 bits per heavy atom. The van der Waals surface area contributed by atoms with E-state index in [4.69, 9.17) is 4.74 Å². The van der Waals surface area contributed by atoms with E-state index in [1.165, 1.54) is 11.1 Å². The first-order valence-corrected chi connectivity index (χ1v) is 7.58. The lowest BCUT2D eigenvalue weighted by Crippen LogP contribution is -2.38. The van der Waals surface area contributed by atoms with Gasteiger partial charge in [-0.1, -0.05) is 29.8 Å². The van der Waals surface area contributed by atoms with Crippen molar-refractivity contribution in [2.45, 2.75) is 20.0 Å². The van der Waals surface area contributed by atoms with Crippen molar-refractivity contribution in [3.05, 3.63) is 59.3 Å². The quantitative estimate of drug-likeness (QED) is 0.681. The van der Waals surface area contributed by atoms with Gasteiger partial charge in [-0.25, -0.2) is 4.98 Å². The van der Waals surface area contributed by atoms with Gasteiger partial charge in [-0.05, 0) is 24.1 Å². The van der Waals surface area contributed by atoms with Crippen LogP contribution in [-0.4, -0.2) is 37.0 Å². The second-order valence-corrected chi connectivity index (χ2v) is 5.45. The van der Waals surface area contributed by atoms with Crippen molar-refractivity contribution in [3.63, 3.8) is 0 Å². The molecule has 0 saturated heterocycles. The van der Waals surface area contributed by atoms with E-state index in [0.717, 1.165) is 18.1 Å². The molecule has 0 aliphatic carbocycles. The van der Waals surface area contributed by atoms with Crippen molar-refractivity contribution in [1.82, 2.24) is 15.2 Å². The average molecular weight is 312 g/mol. The molecule has 2 rings (SSSR count). The van der Waals surface area contributed by atoms with Crippen LogP contribution in [0.5, 0.6) is 5.88 Å². The summed E-state index contributed by atoms with van der Waals surface area (Å²) in [5, 5.41) is 3.36. The fourth-order valence-corrected chi connectivity index (χ4v) is 2.28. The Morgan fingerprint density at radius 2 is 1.96 bits per heavy atom. The molecule has 0 aliphatic rings. The van der Waals surface area contributed by atoms with E-state index in [2.05, 4.69) is 51.4 Å². The first kappa shape index (κ1) is 16.8. The van der Waals surface area contributed by atoms with Crippen LogP contribution in [0.4, 0.5) is 0 Å². The normalized spacial score (nSPS) is 11.2. The maximum absolute atomic E-state index is 5.14. The Balaban J connectivity index is 1.95. The molecule has 122 valence electrons. The summed E-state index contributed by atoms with van der Waals surface area (Å²) in [5.74, 6) is 1.47. The number of hydrogen-bond acceptors (Lipinski definition) is 3. The largest absolute Gasteiger partial charge is 0.481 e. The number of ether oxygens (including phenoxy) is 1. The number of nitrogens with one attached hydrogen (secondary N) is 1. The molecule has 0 fully saturated rings. The lowest BCUT2D eigenvalue weighted by molar-refractivity contribution is 0.397. The molecule has 0 amide bonds. The molecular weight excluding hydrogens is 288 g/mol. The predicted molar refractivity (Wildman–Crippen MR) is 93.6 cm³/mol. The van der Waals surface area contributed by atoms with Crippen LogP contribution in [0, 0.1) is 6.92 Å². The topological polar surface area (TPSA) is 49.8 Å². The van der Waals surface area contributed by atoms with E-state index in [1.54, 1.807) is 20.4 Å². The Kier molecular flexibility index (Phi) is 5.97. The van der Waals surface area contributed by atoms with E-state index in [1.807, 2.05) is 19.2 Å². The third kappa shape index (κ3) is 4.98. The van der Waals surface area contributed by atoms with Gasteiger partial charge in [0.2, 0.25) is 5.88 Å². The monoisotopic (exact) mass is 312 g/mol. The fourth-order valence-electron chi connectivity index (χ4n) is 2.28. The molecule has 0 aliphatic heterocycles. The lowest BCUT2D eigenvalue weighted by Gasteiger charge is -2.22. The van der Waals surface area contributed by atoms with E-state index < -0.39 is 0 Å². The van der Waals surface area contributed by atoms with Gasteiger partial charge in [0.25, 0.3) is 0 Å². The highest BCUT2D eigenvalue weighted by atomic mass is 16.5. The highest BCUT2D eigenvalue weighted by Crippen LogP contribution is 2.09. The Bertz CT molecular complexity index is 652. The van der Waals surface area contributed by atoms with Crippen molar-refractivity contribution in [1.29, 1.82) is 0 Å². The number of pyridine rings is 1. The minimum atomic E-state index is 0.618. The number of methoxy groups -OCH3 is 1. The molecule has 5 heteroatoms. The van der Waals surface area contributed by atoms with Crippen molar-refractivity contribution < 1.29 is 4.74 Å². The van der Waals surface area contributed by atoms with Crippen LogP contribution < -0.4 is 10.1 Å². The second kappa shape index (κ2) is 8.17. The summed E-state index contributed by atoms with van der Waals surface area (Å²) in [6.07, 6.45) is 1.74. The van der Waals surface area contributed by atoms with E-state index in [-0.39, 0.29) is 0 Å². The summed E-state index contributed by atoms with van der Waals surface area (Å²) in [6, 6.07) is 12.4.